The number of halogens is 1. The smallest absolute Gasteiger partial charge is 0.156 e. The van der Waals surface area contributed by atoms with Crippen LogP contribution in [-0.2, 0) is 0 Å². The van der Waals surface area contributed by atoms with E-state index in [2.05, 4.69) is 34.6 Å². The van der Waals surface area contributed by atoms with Crippen LogP contribution in [0.15, 0.2) is 48.5 Å². The molecular formula is C17H16ClN3. The highest BCUT2D eigenvalue weighted by Gasteiger charge is 2.12. The van der Waals surface area contributed by atoms with Crippen LogP contribution in [0.5, 0.6) is 0 Å². The molecule has 0 aliphatic carbocycles. The van der Waals surface area contributed by atoms with Gasteiger partial charge < -0.3 is 5.32 Å². The number of fused-ring (bicyclic) bond motifs is 1. The number of nitrogens with one attached hydrogen (secondary N) is 1. The summed E-state index contributed by atoms with van der Waals surface area (Å²) in [6.45, 7) is 3.00. The van der Waals surface area contributed by atoms with E-state index in [-0.39, 0.29) is 0 Å². The average molecular weight is 298 g/mol. The lowest BCUT2D eigenvalue weighted by Crippen LogP contribution is -2.04. The quantitative estimate of drug-likeness (QED) is 0.753. The number of hydrogen-bond donors (Lipinski definition) is 1. The summed E-state index contributed by atoms with van der Waals surface area (Å²) in [5.41, 5.74) is 1.73. The predicted octanol–water partition coefficient (Wildman–Crippen LogP) is 4.77. The summed E-state index contributed by atoms with van der Waals surface area (Å²) in [6, 6.07) is 15.8. The average Bonchev–Trinajstić information content (AvgIpc) is 2.53. The minimum Gasteiger partial charge on any atom is -0.368 e. The van der Waals surface area contributed by atoms with Crippen LogP contribution in [0.25, 0.3) is 22.0 Å². The number of benzene rings is 2. The zero-order valence-electron chi connectivity index (χ0n) is 11.8. The largest absolute Gasteiger partial charge is 0.368 e. The van der Waals surface area contributed by atoms with Crippen LogP contribution in [0, 0.1) is 0 Å². The highest BCUT2D eigenvalue weighted by Crippen LogP contribution is 2.33. The molecule has 0 radical (unpaired) electrons. The van der Waals surface area contributed by atoms with E-state index in [0.717, 1.165) is 40.8 Å². The maximum Gasteiger partial charge on any atom is 0.156 e. The van der Waals surface area contributed by atoms with Gasteiger partial charge in [-0.15, -0.1) is 10.2 Å². The third-order valence-electron chi connectivity index (χ3n) is 3.36. The predicted molar refractivity (Wildman–Crippen MR) is 88.8 cm³/mol. The van der Waals surface area contributed by atoms with Gasteiger partial charge in [-0.05, 0) is 12.5 Å². The van der Waals surface area contributed by atoms with Gasteiger partial charge in [-0.1, -0.05) is 61.0 Å². The number of aromatic nitrogens is 2. The zero-order chi connectivity index (χ0) is 14.7. The molecule has 1 aromatic heterocycles. The molecule has 21 heavy (non-hydrogen) atoms. The molecule has 0 spiro atoms. The zero-order valence-corrected chi connectivity index (χ0v) is 12.6. The molecule has 4 heteroatoms. The van der Waals surface area contributed by atoms with Gasteiger partial charge in [-0.3, -0.25) is 0 Å². The highest BCUT2D eigenvalue weighted by molar-refractivity contribution is 6.33. The monoisotopic (exact) mass is 297 g/mol. The second-order valence-electron chi connectivity index (χ2n) is 4.85. The molecule has 0 saturated heterocycles. The summed E-state index contributed by atoms with van der Waals surface area (Å²) < 4.78 is 0. The van der Waals surface area contributed by atoms with Crippen molar-refractivity contribution in [2.45, 2.75) is 13.3 Å². The van der Waals surface area contributed by atoms with Crippen LogP contribution in [-0.4, -0.2) is 16.7 Å². The van der Waals surface area contributed by atoms with E-state index in [4.69, 9.17) is 11.6 Å². The second-order valence-corrected chi connectivity index (χ2v) is 5.26. The van der Waals surface area contributed by atoms with Crippen molar-refractivity contribution in [3.05, 3.63) is 53.6 Å². The standard InChI is InChI=1S/C17H16ClN3/c1-2-11-19-17-13-8-4-3-7-12(13)16(20-21-17)14-9-5-6-10-15(14)18/h3-10H,2,11H2,1H3,(H,19,21). The Kier molecular flexibility index (Phi) is 4.02. The van der Waals surface area contributed by atoms with Crippen molar-refractivity contribution in [1.29, 1.82) is 0 Å². The van der Waals surface area contributed by atoms with Crippen LogP contribution in [0.4, 0.5) is 5.82 Å². The Balaban J connectivity index is 2.20. The lowest BCUT2D eigenvalue weighted by molar-refractivity contribution is 0.952. The van der Waals surface area contributed by atoms with E-state index in [1.807, 2.05) is 36.4 Å². The van der Waals surface area contributed by atoms with Crippen LogP contribution in [0.3, 0.4) is 0 Å². The van der Waals surface area contributed by atoms with Crippen molar-refractivity contribution in [3.63, 3.8) is 0 Å². The molecule has 0 aliphatic rings. The molecular weight excluding hydrogens is 282 g/mol. The third kappa shape index (κ3) is 2.69. The molecule has 0 aliphatic heterocycles. The van der Waals surface area contributed by atoms with E-state index in [1.54, 1.807) is 0 Å². The Morgan fingerprint density at radius 3 is 2.43 bits per heavy atom. The molecule has 0 unspecified atom stereocenters. The van der Waals surface area contributed by atoms with Crippen molar-refractivity contribution in [3.8, 4) is 11.3 Å². The fraction of sp³-hybridized carbons (Fsp3) is 0.176. The van der Waals surface area contributed by atoms with E-state index in [0.29, 0.717) is 5.02 Å². The minimum atomic E-state index is 0.686. The Labute approximate surface area is 129 Å². The molecule has 2 aromatic carbocycles. The van der Waals surface area contributed by atoms with Crippen molar-refractivity contribution in [1.82, 2.24) is 10.2 Å². The van der Waals surface area contributed by atoms with Gasteiger partial charge in [0.05, 0.1) is 5.02 Å². The summed E-state index contributed by atoms with van der Waals surface area (Å²) in [7, 11) is 0. The van der Waals surface area contributed by atoms with Gasteiger partial charge in [-0.2, -0.15) is 0 Å². The Morgan fingerprint density at radius 2 is 1.67 bits per heavy atom. The van der Waals surface area contributed by atoms with Gasteiger partial charge in [0.15, 0.2) is 5.82 Å². The van der Waals surface area contributed by atoms with Gasteiger partial charge >= 0.3 is 0 Å². The lowest BCUT2D eigenvalue weighted by Gasteiger charge is -2.11. The lowest BCUT2D eigenvalue weighted by atomic mass is 10.0. The second kappa shape index (κ2) is 6.10. The summed E-state index contributed by atoms with van der Waals surface area (Å²) >= 11 is 6.30. The van der Waals surface area contributed by atoms with E-state index in [9.17, 15) is 0 Å². The third-order valence-corrected chi connectivity index (χ3v) is 3.69. The SMILES string of the molecule is CCCNc1nnc(-c2ccccc2Cl)c2ccccc12. The Morgan fingerprint density at radius 1 is 0.952 bits per heavy atom. The summed E-state index contributed by atoms with van der Waals surface area (Å²) in [6.07, 6.45) is 1.04. The molecule has 1 heterocycles. The van der Waals surface area contributed by atoms with Crippen molar-refractivity contribution < 1.29 is 0 Å². The summed E-state index contributed by atoms with van der Waals surface area (Å²) in [5, 5.41) is 14.9. The van der Waals surface area contributed by atoms with E-state index < -0.39 is 0 Å². The molecule has 3 rings (SSSR count). The van der Waals surface area contributed by atoms with Crippen molar-refractivity contribution in [2.75, 3.05) is 11.9 Å². The molecule has 0 bridgehead atoms. The molecule has 0 fully saturated rings. The maximum absolute atomic E-state index is 6.30. The molecule has 3 aromatic rings. The molecule has 3 nitrogen and oxygen atoms in total. The topological polar surface area (TPSA) is 37.8 Å². The fourth-order valence-corrected chi connectivity index (χ4v) is 2.56. The minimum absolute atomic E-state index is 0.686. The van der Waals surface area contributed by atoms with Crippen LogP contribution < -0.4 is 5.32 Å². The van der Waals surface area contributed by atoms with Gasteiger partial charge in [-0.25, -0.2) is 0 Å². The van der Waals surface area contributed by atoms with Crippen molar-refractivity contribution >= 4 is 28.2 Å². The highest BCUT2D eigenvalue weighted by atomic mass is 35.5. The molecule has 1 N–H and O–H groups in total. The van der Waals surface area contributed by atoms with Gasteiger partial charge in [0, 0.05) is 22.9 Å². The molecule has 0 amide bonds. The number of rotatable bonds is 4. The number of nitrogens with zero attached hydrogens (tertiary/aromatic N) is 2. The number of hydrogen-bond acceptors (Lipinski definition) is 3. The first-order valence-electron chi connectivity index (χ1n) is 7.05. The van der Waals surface area contributed by atoms with E-state index >= 15 is 0 Å². The molecule has 0 atom stereocenters. The Bertz CT molecular complexity index is 771. The normalized spacial score (nSPS) is 10.8. The van der Waals surface area contributed by atoms with Crippen molar-refractivity contribution in [2.24, 2.45) is 0 Å². The fourth-order valence-electron chi connectivity index (χ4n) is 2.33. The van der Waals surface area contributed by atoms with Gasteiger partial charge in [0.25, 0.3) is 0 Å². The first kappa shape index (κ1) is 13.8. The van der Waals surface area contributed by atoms with Crippen LogP contribution >= 0.6 is 11.6 Å². The van der Waals surface area contributed by atoms with Gasteiger partial charge in [0.2, 0.25) is 0 Å². The maximum atomic E-state index is 6.30. The first-order chi connectivity index (χ1) is 10.3. The van der Waals surface area contributed by atoms with Crippen LogP contribution in [0.2, 0.25) is 5.02 Å². The first-order valence-corrected chi connectivity index (χ1v) is 7.43. The molecule has 106 valence electrons. The molecule has 0 saturated carbocycles. The number of anilines is 1. The summed E-state index contributed by atoms with van der Waals surface area (Å²) in [5.74, 6) is 0.822. The van der Waals surface area contributed by atoms with Crippen LogP contribution in [0.1, 0.15) is 13.3 Å². The summed E-state index contributed by atoms with van der Waals surface area (Å²) in [4.78, 5) is 0. The Hall–Kier alpha value is -2.13. The van der Waals surface area contributed by atoms with Gasteiger partial charge in [0.1, 0.15) is 5.69 Å². The van der Waals surface area contributed by atoms with E-state index in [1.165, 1.54) is 0 Å².